The van der Waals surface area contributed by atoms with Crippen molar-refractivity contribution in [1.82, 2.24) is 0 Å². The van der Waals surface area contributed by atoms with Crippen LogP contribution in [0.2, 0.25) is 0 Å². The molecule has 1 N–H and O–H groups in total. The van der Waals surface area contributed by atoms with Gasteiger partial charge in [-0.1, -0.05) is 109 Å². The van der Waals surface area contributed by atoms with E-state index in [0.717, 1.165) is 51.4 Å². The smallest absolute Gasteiger partial charge is 0.462 e. The van der Waals surface area contributed by atoms with E-state index < -0.39 is 26.5 Å². The molecular formula is C32H61O8P. The third kappa shape index (κ3) is 28.7. The molecule has 242 valence electrons. The average Bonchev–Trinajstić information content (AvgIpc) is 2.94. The van der Waals surface area contributed by atoms with Crippen LogP contribution >= 0.6 is 7.82 Å². The molecule has 0 spiro atoms. The van der Waals surface area contributed by atoms with Crippen molar-refractivity contribution < 1.29 is 37.6 Å². The van der Waals surface area contributed by atoms with E-state index in [1.165, 1.54) is 64.2 Å². The number of carbonyl (C=O) groups is 2. The number of phosphoric acid groups is 1. The van der Waals surface area contributed by atoms with E-state index in [1.807, 2.05) is 0 Å². The minimum atomic E-state index is -4.26. The van der Waals surface area contributed by atoms with Crippen LogP contribution < -0.4 is 0 Å². The Bertz CT molecular complexity index is 697. The Hall–Kier alpha value is -1.21. The van der Waals surface area contributed by atoms with E-state index in [0.29, 0.717) is 12.8 Å². The standard InChI is InChI=1S/C32H61O8P/c1-4-7-9-11-13-15-16-17-19-21-23-25-27-32(34)40-30(29-39-41(35,36)38-6-3)28-37-31(33)26-24-22-20-18-14-12-10-8-5-2/h13,15,30H,4-12,14,16-29H2,1-3H3,(H,35,36)/b15-13-. The summed E-state index contributed by atoms with van der Waals surface area (Å²) in [6.07, 6.45) is 25.5. The van der Waals surface area contributed by atoms with Crippen LogP contribution in [0.1, 0.15) is 156 Å². The molecule has 0 fully saturated rings. The van der Waals surface area contributed by atoms with Crippen molar-refractivity contribution >= 4 is 19.8 Å². The van der Waals surface area contributed by atoms with Crippen molar-refractivity contribution in [2.45, 2.75) is 162 Å². The first-order valence-electron chi connectivity index (χ1n) is 16.5. The predicted molar refractivity (Wildman–Crippen MR) is 166 cm³/mol. The molecule has 0 bridgehead atoms. The molecule has 0 saturated heterocycles. The lowest BCUT2D eigenvalue weighted by molar-refractivity contribution is -0.161. The summed E-state index contributed by atoms with van der Waals surface area (Å²) >= 11 is 0. The molecule has 2 atom stereocenters. The van der Waals surface area contributed by atoms with E-state index in [9.17, 15) is 19.0 Å². The van der Waals surface area contributed by atoms with Gasteiger partial charge in [-0.05, 0) is 45.4 Å². The second kappa shape index (κ2) is 28.9. The van der Waals surface area contributed by atoms with Gasteiger partial charge >= 0.3 is 19.8 Å². The third-order valence-electron chi connectivity index (χ3n) is 6.82. The Kier molecular flexibility index (Phi) is 28.0. The van der Waals surface area contributed by atoms with E-state index in [2.05, 4.69) is 26.0 Å². The quantitative estimate of drug-likeness (QED) is 0.0374. The van der Waals surface area contributed by atoms with Crippen molar-refractivity contribution in [2.75, 3.05) is 19.8 Å². The first-order valence-corrected chi connectivity index (χ1v) is 18.0. The Morgan fingerprint density at radius 1 is 0.634 bits per heavy atom. The van der Waals surface area contributed by atoms with E-state index in [1.54, 1.807) is 6.92 Å². The first kappa shape index (κ1) is 39.8. The Labute approximate surface area is 250 Å². The van der Waals surface area contributed by atoms with E-state index in [-0.39, 0.29) is 25.6 Å². The highest BCUT2D eigenvalue weighted by Crippen LogP contribution is 2.43. The molecule has 0 heterocycles. The normalized spacial score (nSPS) is 13.8. The van der Waals surface area contributed by atoms with Crippen LogP contribution in [0.5, 0.6) is 0 Å². The number of esters is 2. The number of allylic oxidation sites excluding steroid dienone is 2. The van der Waals surface area contributed by atoms with Crippen LogP contribution in [0.3, 0.4) is 0 Å². The molecule has 0 aliphatic rings. The van der Waals surface area contributed by atoms with Gasteiger partial charge in [0.15, 0.2) is 6.10 Å². The van der Waals surface area contributed by atoms with Gasteiger partial charge in [-0.3, -0.25) is 18.6 Å². The molecule has 0 rings (SSSR count). The molecule has 0 aromatic rings. The van der Waals surface area contributed by atoms with Crippen LogP contribution in [-0.2, 0) is 32.7 Å². The number of unbranched alkanes of at least 4 members (excludes halogenated alkanes) is 16. The first-order chi connectivity index (χ1) is 19.8. The summed E-state index contributed by atoms with van der Waals surface area (Å²) in [6.45, 7) is 5.39. The Morgan fingerprint density at radius 3 is 1.66 bits per heavy atom. The van der Waals surface area contributed by atoms with Gasteiger partial charge in [0.05, 0.1) is 13.2 Å². The van der Waals surface area contributed by atoms with Crippen LogP contribution in [-0.4, -0.2) is 42.8 Å². The Morgan fingerprint density at radius 2 is 1.10 bits per heavy atom. The minimum absolute atomic E-state index is 0.00119. The highest BCUT2D eigenvalue weighted by atomic mass is 31.2. The van der Waals surface area contributed by atoms with Crippen molar-refractivity contribution in [1.29, 1.82) is 0 Å². The van der Waals surface area contributed by atoms with Gasteiger partial charge in [-0.15, -0.1) is 0 Å². The summed E-state index contributed by atoms with van der Waals surface area (Å²) in [5.41, 5.74) is 0. The molecule has 0 amide bonds. The largest absolute Gasteiger partial charge is 0.472 e. The number of carbonyl (C=O) groups excluding carboxylic acids is 2. The van der Waals surface area contributed by atoms with E-state index >= 15 is 0 Å². The van der Waals surface area contributed by atoms with Crippen molar-refractivity contribution in [3.8, 4) is 0 Å². The van der Waals surface area contributed by atoms with Gasteiger partial charge < -0.3 is 14.4 Å². The zero-order valence-corrected chi connectivity index (χ0v) is 27.3. The fraction of sp³-hybridized carbons (Fsp3) is 0.875. The molecule has 2 unspecified atom stereocenters. The highest BCUT2D eigenvalue weighted by molar-refractivity contribution is 7.47. The topological polar surface area (TPSA) is 108 Å². The average molecular weight is 605 g/mol. The third-order valence-corrected chi connectivity index (χ3v) is 7.88. The van der Waals surface area contributed by atoms with Gasteiger partial charge in [0, 0.05) is 12.8 Å². The van der Waals surface area contributed by atoms with Crippen LogP contribution in [0.25, 0.3) is 0 Å². The maximum Gasteiger partial charge on any atom is 0.472 e. The van der Waals surface area contributed by atoms with Gasteiger partial charge in [-0.25, -0.2) is 4.57 Å². The van der Waals surface area contributed by atoms with Gasteiger partial charge in [0.25, 0.3) is 0 Å². The molecular weight excluding hydrogens is 543 g/mol. The SMILES string of the molecule is CCCCC/C=C\CCCCCCCC(=O)OC(COC(=O)CCCCCCCCCCC)COP(=O)(O)OCC. The summed E-state index contributed by atoms with van der Waals surface area (Å²) in [6, 6.07) is 0. The lowest BCUT2D eigenvalue weighted by Crippen LogP contribution is -2.29. The summed E-state index contributed by atoms with van der Waals surface area (Å²) in [5.74, 6) is -0.811. The number of rotatable bonds is 30. The summed E-state index contributed by atoms with van der Waals surface area (Å²) in [7, 11) is -4.26. The summed E-state index contributed by atoms with van der Waals surface area (Å²) in [5, 5.41) is 0. The molecule has 41 heavy (non-hydrogen) atoms. The Balaban J connectivity index is 4.24. The molecule has 0 aromatic carbocycles. The number of phosphoric ester groups is 1. The molecule has 0 radical (unpaired) electrons. The fourth-order valence-electron chi connectivity index (χ4n) is 4.39. The van der Waals surface area contributed by atoms with Crippen molar-refractivity contribution in [3.05, 3.63) is 12.2 Å². The number of ether oxygens (including phenoxy) is 2. The molecule has 0 aliphatic heterocycles. The molecule has 9 heteroatoms. The maximum absolute atomic E-state index is 12.4. The summed E-state index contributed by atoms with van der Waals surface area (Å²) in [4.78, 5) is 34.3. The van der Waals surface area contributed by atoms with Crippen LogP contribution in [0.15, 0.2) is 12.2 Å². The monoisotopic (exact) mass is 604 g/mol. The number of hydrogen-bond donors (Lipinski definition) is 1. The predicted octanol–water partition coefficient (Wildman–Crippen LogP) is 9.38. The number of hydrogen-bond acceptors (Lipinski definition) is 7. The van der Waals surface area contributed by atoms with E-state index in [4.69, 9.17) is 18.5 Å². The van der Waals surface area contributed by atoms with Crippen molar-refractivity contribution in [3.63, 3.8) is 0 Å². The van der Waals surface area contributed by atoms with Crippen LogP contribution in [0.4, 0.5) is 0 Å². The zero-order chi connectivity index (χ0) is 30.4. The molecule has 8 nitrogen and oxygen atoms in total. The second-order valence-corrected chi connectivity index (χ2v) is 12.3. The molecule has 0 aliphatic carbocycles. The lowest BCUT2D eigenvalue weighted by atomic mass is 10.1. The fourth-order valence-corrected chi connectivity index (χ4v) is 5.14. The van der Waals surface area contributed by atoms with Crippen LogP contribution in [0, 0.1) is 0 Å². The summed E-state index contributed by atoms with van der Waals surface area (Å²) < 4.78 is 32.3. The van der Waals surface area contributed by atoms with Gasteiger partial charge in [0.2, 0.25) is 0 Å². The second-order valence-electron chi connectivity index (χ2n) is 10.8. The minimum Gasteiger partial charge on any atom is -0.462 e. The highest BCUT2D eigenvalue weighted by Gasteiger charge is 2.25. The lowest BCUT2D eigenvalue weighted by Gasteiger charge is -2.19. The molecule has 0 saturated carbocycles. The van der Waals surface area contributed by atoms with Crippen molar-refractivity contribution in [2.24, 2.45) is 0 Å². The molecule has 0 aromatic heterocycles. The van der Waals surface area contributed by atoms with Gasteiger partial charge in [0.1, 0.15) is 6.61 Å². The van der Waals surface area contributed by atoms with Gasteiger partial charge in [-0.2, -0.15) is 0 Å². The maximum atomic E-state index is 12.4. The zero-order valence-electron chi connectivity index (χ0n) is 26.5.